The Labute approximate surface area is 93.4 Å². The molecule has 1 rings (SSSR count). The lowest BCUT2D eigenvalue weighted by Crippen LogP contribution is -2.04. The molecule has 0 aliphatic heterocycles. The minimum atomic E-state index is -0.433. The first kappa shape index (κ1) is 12.1. The maximum Gasteiger partial charge on any atom is 0.360 e. The highest BCUT2D eigenvalue weighted by Crippen LogP contribution is 2.19. The summed E-state index contributed by atoms with van der Waals surface area (Å²) in [6.07, 6.45) is 1.33. The van der Waals surface area contributed by atoms with Gasteiger partial charge in [0.05, 0.1) is 6.61 Å². The second-order valence-electron chi connectivity index (χ2n) is 3.42. The summed E-state index contributed by atoms with van der Waals surface area (Å²) in [5.41, 5.74) is 0.239. The number of carbonyl (C=O) groups excluding carboxylic acids is 1. The van der Waals surface area contributed by atoms with Crippen LogP contribution in [0.5, 0.6) is 0 Å². The molecule has 1 aromatic heterocycles. The molecule has 0 unspecified atom stereocenters. The molecular weight excluding hydrogens is 214 g/mol. The first-order chi connectivity index (χ1) is 7.13. The normalized spacial score (nSPS) is 10.7. The SMILES string of the molecule is CCOC(=O)c1coc(SCC(C)C)n1. The monoisotopic (exact) mass is 229 g/mol. The number of hydrogen-bond donors (Lipinski definition) is 0. The first-order valence-electron chi connectivity index (χ1n) is 4.89. The van der Waals surface area contributed by atoms with Crippen LogP contribution in [0.3, 0.4) is 0 Å². The largest absolute Gasteiger partial charge is 0.461 e. The van der Waals surface area contributed by atoms with Gasteiger partial charge in [-0.05, 0) is 12.8 Å². The van der Waals surface area contributed by atoms with Gasteiger partial charge in [0.2, 0.25) is 0 Å². The Morgan fingerprint density at radius 2 is 2.40 bits per heavy atom. The lowest BCUT2D eigenvalue weighted by molar-refractivity contribution is 0.0519. The average Bonchev–Trinajstić information content (AvgIpc) is 2.63. The molecule has 0 aromatic carbocycles. The van der Waals surface area contributed by atoms with Crippen molar-refractivity contribution in [1.29, 1.82) is 0 Å². The summed E-state index contributed by atoms with van der Waals surface area (Å²) in [5.74, 6) is 1.05. The fourth-order valence-electron chi connectivity index (χ4n) is 0.860. The van der Waals surface area contributed by atoms with E-state index in [2.05, 4.69) is 18.8 Å². The topological polar surface area (TPSA) is 52.3 Å². The van der Waals surface area contributed by atoms with Crippen molar-refractivity contribution in [3.05, 3.63) is 12.0 Å². The second kappa shape index (κ2) is 5.80. The first-order valence-corrected chi connectivity index (χ1v) is 5.87. The van der Waals surface area contributed by atoms with Gasteiger partial charge in [-0.1, -0.05) is 25.6 Å². The van der Waals surface area contributed by atoms with E-state index < -0.39 is 5.97 Å². The van der Waals surface area contributed by atoms with Crippen LogP contribution in [-0.4, -0.2) is 23.3 Å². The highest BCUT2D eigenvalue weighted by Gasteiger charge is 2.13. The molecule has 0 amide bonds. The highest BCUT2D eigenvalue weighted by atomic mass is 32.2. The molecule has 5 heteroatoms. The molecule has 0 bridgehead atoms. The fourth-order valence-corrected chi connectivity index (χ4v) is 1.62. The van der Waals surface area contributed by atoms with Crippen molar-refractivity contribution in [2.75, 3.05) is 12.4 Å². The van der Waals surface area contributed by atoms with E-state index in [4.69, 9.17) is 9.15 Å². The number of esters is 1. The van der Waals surface area contributed by atoms with Crippen LogP contribution in [0, 0.1) is 5.92 Å². The van der Waals surface area contributed by atoms with Gasteiger partial charge < -0.3 is 9.15 Å². The summed E-state index contributed by atoms with van der Waals surface area (Å²) >= 11 is 1.50. The Bertz CT molecular complexity index is 322. The van der Waals surface area contributed by atoms with Gasteiger partial charge in [0.1, 0.15) is 6.26 Å². The molecule has 1 aromatic rings. The predicted octanol–water partition coefficient (Wildman–Crippen LogP) is 2.60. The molecule has 15 heavy (non-hydrogen) atoms. The third-order valence-corrected chi connectivity index (χ3v) is 2.78. The highest BCUT2D eigenvalue weighted by molar-refractivity contribution is 7.99. The lowest BCUT2D eigenvalue weighted by atomic mass is 10.3. The van der Waals surface area contributed by atoms with E-state index in [1.54, 1.807) is 6.92 Å². The molecule has 0 fully saturated rings. The van der Waals surface area contributed by atoms with E-state index in [0.29, 0.717) is 17.7 Å². The van der Waals surface area contributed by atoms with E-state index >= 15 is 0 Å². The number of carbonyl (C=O) groups is 1. The van der Waals surface area contributed by atoms with Gasteiger partial charge in [-0.2, -0.15) is 4.98 Å². The van der Waals surface area contributed by atoms with Crippen molar-refractivity contribution in [2.24, 2.45) is 5.92 Å². The van der Waals surface area contributed by atoms with Gasteiger partial charge >= 0.3 is 5.97 Å². The van der Waals surface area contributed by atoms with Gasteiger partial charge in [0.25, 0.3) is 5.22 Å². The van der Waals surface area contributed by atoms with Crippen LogP contribution >= 0.6 is 11.8 Å². The molecule has 0 N–H and O–H groups in total. The third kappa shape index (κ3) is 3.95. The number of nitrogens with zero attached hydrogens (tertiary/aromatic N) is 1. The number of ether oxygens (including phenoxy) is 1. The van der Waals surface area contributed by atoms with Crippen molar-refractivity contribution < 1.29 is 13.9 Å². The van der Waals surface area contributed by atoms with Crippen molar-refractivity contribution in [2.45, 2.75) is 26.0 Å². The molecular formula is C10H15NO3S. The van der Waals surface area contributed by atoms with Gasteiger partial charge in [0.15, 0.2) is 5.69 Å². The summed E-state index contributed by atoms with van der Waals surface area (Å²) in [4.78, 5) is 15.3. The fraction of sp³-hybridized carbons (Fsp3) is 0.600. The summed E-state index contributed by atoms with van der Waals surface area (Å²) < 4.78 is 9.93. The van der Waals surface area contributed by atoms with E-state index in [1.807, 2.05) is 0 Å². The number of rotatable bonds is 5. The van der Waals surface area contributed by atoms with Crippen LogP contribution in [0.2, 0.25) is 0 Å². The smallest absolute Gasteiger partial charge is 0.360 e. The third-order valence-electron chi connectivity index (χ3n) is 1.51. The number of thioether (sulfide) groups is 1. The van der Waals surface area contributed by atoms with Crippen LogP contribution in [0.25, 0.3) is 0 Å². The molecule has 0 saturated carbocycles. The van der Waals surface area contributed by atoms with Crippen LogP contribution in [0.1, 0.15) is 31.3 Å². The zero-order valence-corrected chi connectivity index (χ0v) is 9.97. The Morgan fingerprint density at radius 1 is 1.67 bits per heavy atom. The van der Waals surface area contributed by atoms with E-state index in [9.17, 15) is 4.79 Å². The summed E-state index contributed by atoms with van der Waals surface area (Å²) in [5, 5.41) is 0.520. The molecule has 0 saturated heterocycles. The maximum atomic E-state index is 11.2. The quantitative estimate of drug-likeness (QED) is 0.573. The second-order valence-corrected chi connectivity index (χ2v) is 4.40. The van der Waals surface area contributed by atoms with Crippen molar-refractivity contribution in [3.63, 3.8) is 0 Å². The zero-order chi connectivity index (χ0) is 11.3. The minimum Gasteiger partial charge on any atom is -0.461 e. The van der Waals surface area contributed by atoms with Gasteiger partial charge in [0, 0.05) is 5.75 Å². The maximum absolute atomic E-state index is 11.2. The number of hydrogen-bond acceptors (Lipinski definition) is 5. The van der Waals surface area contributed by atoms with Crippen molar-refractivity contribution in [3.8, 4) is 0 Å². The molecule has 0 spiro atoms. The van der Waals surface area contributed by atoms with Gasteiger partial charge in [-0.15, -0.1) is 0 Å². The predicted molar refractivity (Wildman–Crippen MR) is 58.0 cm³/mol. The summed E-state index contributed by atoms with van der Waals surface area (Å²) in [7, 11) is 0. The molecule has 0 aliphatic carbocycles. The van der Waals surface area contributed by atoms with Crippen LogP contribution in [0.15, 0.2) is 15.9 Å². The molecule has 84 valence electrons. The van der Waals surface area contributed by atoms with E-state index in [-0.39, 0.29) is 5.69 Å². The Kier molecular flexibility index (Phi) is 4.68. The van der Waals surface area contributed by atoms with Gasteiger partial charge in [-0.25, -0.2) is 4.79 Å². The zero-order valence-electron chi connectivity index (χ0n) is 9.15. The standard InChI is InChI=1S/C10H15NO3S/c1-4-13-9(12)8-5-14-10(11-8)15-6-7(2)3/h5,7H,4,6H2,1-3H3. The van der Waals surface area contributed by atoms with E-state index in [1.165, 1.54) is 18.0 Å². The molecule has 0 aliphatic rings. The Balaban J connectivity index is 2.52. The Hall–Kier alpha value is -0.970. The molecule has 1 heterocycles. The van der Waals surface area contributed by atoms with Crippen molar-refractivity contribution in [1.82, 2.24) is 4.98 Å². The Morgan fingerprint density at radius 3 is 3.00 bits per heavy atom. The average molecular weight is 229 g/mol. The van der Waals surface area contributed by atoms with E-state index in [0.717, 1.165) is 5.75 Å². The summed E-state index contributed by atoms with van der Waals surface area (Å²) in [6.45, 7) is 6.33. The van der Waals surface area contributed by atoms with Gasteiger partial charge in [-0.3, -0.25) is 0 Å². The number of aromatic nitrogens is 1. The van der Waals surface area contributed by atoms with Crippen LogP contribution in [-0.2, 0) is 4.74 Å². The van der Waals surface area contributed by atoms with Crippen LogP contribution in [0.4, 0.5) is 0 Å². The molecule has 4 nitrogen and oxygen atoms in total. The summed E-state index contributed by atoms with van der Waals surface area (Å²) in [6, 6.07) is 0. The molecule has 0 radical (unpaired) electrons. The molecule has 0 atom stereocenters. The minimum absolute atomic E-state index is 0.239. The van der Waals surface area contributed by atoms with Crippen LogP contribution < -0.4 is 0 Å². The number of oxazole rings is 1. The van der Waals surface area contributed by atoms with Crippen molar-refractivity contribution >= 4 is 17.7 Å². The lowest BCUT2D eigenvalue weighted by Gasteiger charge is -1.99.